The Hall–Kier alpha value is -1.06. The molecule has 0 heterocycles. The summed E-state index contributed by atoms with van der Waals surface area (Å²) in [6, 6.07) is 0.359. The van der Waals surface area contributed by atoms with Gasteiger partial charge >= 0.3 is 5.97 Å². The summed E-state index contributed by atoms with van der Waals surface area (Å²) in [5.74, 6) is -1.06. The standard InChI is InChI=1S/C12H19NO3/c14-11(13-10-5-2-6-10)8-3-1-4-9(7-8)12(15)16/h8-10H,1-7H2,(H,13,14)(H,15,16). The van der Waals surface area contributed by atoms with Crippen LogP contribution in [0.2, 0.25) is 0 Å². The molecule has 4 nitrogen and oxygen atoms in total. The molecule has 2 aliphatic rings. The largest absolute Gasteiger partial charge is 0.481 e. The fourth-order valence-electron chi connectivity index (χ4n) is 2.52. The van der Waals surface area contributed by atoms with Crippen LogP contribution in [0.15, 0.2) is 0 Å². The van der Waals surface area contributed by atoms with E-state index in [2.05, 4.69) is 5.32 Å². The number of hydrogen-bond acceptors (Lipinski definition) is 2. The minimum Gasteiger partial charge on any atom is -0.481 e. The second-order valence-electron chi connectivity index (χ2n) is 5.04. The second kappa shape index (κ2) is 4.85. The van der Waals surface area contributed by atoms with E-state index >= 15 is 0 Å². The zero-order valence-electron chi connectivity index (χ0n) is 9.45. The summed E-state index contributed by atoms with van der Waals surface area (Å²) in [6.45, 7) is 0. The Kier molecular flexibility index (Phi) is 3.46. The monoisotopic (exact) mass is 225 g/mol. The van der Waals surface area contributed by atoms with Crippen molar-refractivity contribution in [2.45, 2.75) is 51.0 Å². The normalized spacial score (nSPS) is 30.5. The van der Waals surface area contributed by atoms with E-state index in [1.807, 2.05) is 0 Å². The number of rotatable bonds is 3. The average molecular weight is 225 g/mol. The van der Waals surface area contributed by atoms with E-state index < -0.39 is 5.97 Å². The molecule has 0 aromatic carbocycles. The number of carboxylic acids is 1. The van der Waals surface area contributed by atoms with Crippen LogP contribution in [0, 0.1) is 11.8 Å². The first-order chi connectivity index (χ1) is 7.66. The van der Waals surface area contributed by atoms with Crippen LogP contribution >= 0.6 is 0 Å². The maximum absolute atomic E-state index is 11.9. The van der Waals surface area contributed by atoms with Crippen molar-refractivity contribution in [3.05, 3.63) is 0 Å². The van der Waals surface area contributed by atoms with E-state index in [0.717, 1.165) is 32.1 Å². The molecule has 0 aromatic heterocycles. The van der Waals surface area contributed by atoms with Crippen LogP contribution in [0.4, 0.5) is 0 Å². The Balaban J connectivity index is 1.83. The molecule has 0 bridgehead atoms. The van der Waals surface area contributed by atoms with Crippen LogP contribution in [0.1, 0.15) is 44.9 Å². The number of carbonyl (C=O) groups excluding carboxylic acids is 1. The highest BCUT2D eigenvalue weighted by Gasteiger charge is 2.32. The van der Waals surface area contributed by atoms with Gasteiger partial charge in [0.1, 0.15) is 0 Å². The number of nitrogens with one attached hydrogen (secondary N) is 1. The maximum atomic E-state index is 11.9. The lowest BCUT2D eigenvalue weighted by Crippen LogP contribution is -2.44. The predicted octanol–water partition coefficient (Wildman–Crippen LogP) is 1.55. The smallest absolute Gasteiger partial charge is 0.306 e. The van der Waals surface area contributed by atoms with Crippen molar-refractivity contribution in [3.63, 3.8) is 0 Å². The molecule has 2 fully saturated rings. The quantitative estimate of drug-likeness (QED) is 0.765. The van der Waals surface area contributed by atoms with Gasteiger partial charge in [0.05, 0.1) is 5.92 Å². The van der Waals surface area contributed by atoms with Gasteiger partial charge in [-0.25, -0.2) is 0 Å². The van der Waals surface area contributed by atoms with E-state index in [0.29, 0.717) is 12.5 Å². The summed E-state index contributed by atoms with van der Waals surface area (Å²) in [4.78, 5) is 22.7. The van der Waals surface area contributed by atoms with Crippen molar-refractivity contribution in [1.29, 1.82) is 0 Å². The van der Waals surface area contributed by atoms with Gasteiger partial charge in [0.2, 0.25) is 5.91 Å². The van der Waals surface area contributed by atoms with Gasteiger partial charge in [0.25, 0.3) is 0 Å². The van der Waals surface area contributed by atoms with Gasteiger partial charge in [-0.05, 0) is 38.5 Å². The highest BCUT2D eigenvalue weighted by Crippen LogP contribution is 2.30. The number of amides is 1. The molecule has 2 saturated carbocycles. The molecule has 2 unspecified atom stereocenters. The molecule has 0 spiro atoms. The first-order valence-electron chi connectivity index (χ1n) is 6.20. The molecule has 0 aromatic rings. The van der Waals surface area contributed by atoms with Crippen molar-refractivity contribution in [2.75, 3.05) is 0 Å². The summed E-state index contributed by atoms with van der Waals surface area (Å²) in [5.41, 5.74) is 0. The van der Waals surface area contributed by atoms with Gasteiger partial charge in [-0.1, -0.05) is 6.42 Å². The van der Waals surface area contributed by atoms with Crippen LogP contribution in [-0.4, -0.2) is 23.0 Å². The summed E-state index contributed by atoms with van der Waals surface area (Å²) in [7, 11) is 0. The Morgan fingerprint density at radius 3 is 2.19 bits per heavy atom. The lowest BCUT2D eigenvalue weighted by molar-refractivity contribution is -0.144. The molecule has 0 saturated heterocycles. The summed E-state index contributed by atoms with van der Waals surface area (Å²) in [5, 5.41) is 12.0. The van der Waals surface area contributed by atoms with Crippen LogP contribution in [0.3, 0.4) is 0 Å². The number of carboxylic acid groups (broad SMARTS) is 1. The van der Waals surface area contributed by atoms with Crippen molar-refractivity contribution < 1.29 is 14.7 Å². The number of aliphatic carboxylic acids is 1. The van der Waals surface area contributed by atoms with Crippen molar-refractivity contribution in [2.24, 2.45) is 11.8 Å². The molecule has 2 atom stereocenters. The maximum Gasteiger partial charge on any atom is 0.306 e. The third kappa shape index (κ3) is 2.54. The Morgan fingerprint density at radius 1 is 1.00 bits per heavy atom. The molecule has 4 heteroatoms. The molecule has 2 aliphatic carbocycles. The molecule has 2 N–H and O–H groups in total. The van der Waals surface area contributed by atoms with Crippen LogP contribution in [0.5, 0.6) is 0 Å². The minimum atomic E-state index is -0.749. The fourth-order valence-corrected chi connectivity index (χ4v) is 2.52. The molecule has 16 heavy (non-hydrogen) atoms. The molecule has 1 amide bonds. The SMILES string of the molecule is O=C(O)C1CCCC(C(=O)NC2CCC2)C1. The highest BCUT2D eigenvalue weighted by atomic mass is 16.4. The lowest BCUT2D eigenvalue weighted by Gasteiger charge is -2.31. The van der Waals surface area contributed by atoms with Crippen LogP contribution in [-0.2, 0) is 9.59 Å². The van der Waals surface area contributed by atoms with Crippen molar-refractivity contribution in [1.82, 2.24) is 5.32 Å². The van der Waals surface area contributed by atoms with E-state index in [9.17, 15) is 9.59 Å². The third-order valence-corrected chi connectivity index (χ3v) is 3.85. The van der Waals surface area contributed by atoms with E-state index in [-0.39, 0.29) is 17.7 Å². The second-order valence-corrected chi connectivity index (χ2v) is 5.04. The summed E-state index contributed by atoms with van der Waals surface area (Å²) >= 11 is 0. The van der Waals surface area contributed by atoms with Gasteiger partial charge in [-0.15, -0.1) is 0 Å². The van der Waals surface area contributed by atoms with Gasteiger partial charge in [-0.3, -0.25) is 9.59 Å². The molecule has 0 aliphatic heterocycles. The van der Waals surface area contributed by atoms with Gasteiger partial charge < -0.3 is 10.4 Å². The number of carbonyl (C=O) groups is 2. The van der Waals surface area contributed by atoms with Crippen LogP contribution < -0.4 is 5.32 Å². The highest BCUT2D eigenvalue weighted by molar-refractivity contribution is 5.80. The van der Waals surface area contributed by atoms with E-state index in [4.69, 9.17) is 5.11 Å². The lowest BCUT2D eigenvalue weighted by atomic mass is 9.80. The van der Waals surface area contributed by atoms with Gasteiger partial charge in [-0.2, -0.15) is 0 Å². The zero-order chi connectivity index (χ0) is 11.5. The van der Waals surface area contributed by atoms with Gasteiger partial charge in [0, 0.05) is 12.0 Å². The van der Waals surface area contributed by atoms with Gasteiger partial charge in [0.15, 0.2) is 0 Å². The first-order valence-corrected chi connectivity index (χ1v) is 6.20. The summed E-state index contributed by atoms with van der Waals surface area (Å²) in [6.07, 6.45) is 6.33. The third-order valence-electron chi connectivity index (χ3n) is 3.85. The number of hydrogen-bond donors (Lipinski definition) is 2. The predicted molar refractivity (Wildman–Crippen MR) is 58.9 cm³/mol. The van der Waals surface area contributed by atoms with E-state index in [1.165, 1.54) is 6.42 Å². The van der Waals surface area contributed by atoms with Crippen LogP contribution in [0.25, 0.3) is 0 Å². The Labute approximate surface area is 95.4 Å². The van der Waals surface area contributed by atoms with Crippen molar-refractivity contribution in [3.8, 4) is 0 Å². The zero-order valence-corrected chi connectivity index (χ0v) is 9.45. The molecular weight excluding hydrogens is 206 g/mol. The first kappa shape index (κ1) is 11.4. The molecule has 0 radical (unpaired) electrons. The Bertz CT molecular complexity index is 286. The topological polar surface area (TPSA) is 66.4 Å². The summed E-state index contributed by atoms with van der Waals surface area (Å²) < 4.78 is 0. The van der Waals surface area contributed by atoms with E-state index in [1.54, 1.807) is 0 Å². The minimum absolute atomic E-state index is 0.0737. The average Bonchev–Trinajstić information content (AvgIpc) is 2.23. The van der Waals surface area contributed by atoms with Crippen molar-refractivity contribution >= 4 is 11.9 Å². The molecule has 90 valence electrons. The molecular formula is C12H19NO3. The molecule has 2 rings (SSSR count). The fraction of sp³-hybridized carbons (Fsp3) is 0.833. The Morgan fingerprint density at radius 2 is 1.62 bits per heavy atom.